The molecule has 0 spiro atoms. The first-order chi connectivity index (χ1) is 20.5. The minimum Gasteiger partial charge on any atom is -0.487 e. The monoisotopic (exact) mass is 628 g/mol. The van der Waals surface area contributed by atoms with E-state index in [1.807, 2.05) is 0 Å². The summed E-state index contributed by atoms with van der Waals surface area (Å²) in [5.41, 5.74) is -1.61. The van der Waals surface area contributed by atoms with Gasteiger partial charge in [-0.1, -0.05) is 24.0 Å². The van der Waals surface area contributed by atoms with E-state index in [4.69, 9.17) is 4.74 Å². The number of pyridine rings is 1. The fraction of sp³-hybridized carbons (Fsp3) is 0.0968. The summed E-state index contributed by atoms with van der Waals surface area (Å²) in [6.45, 7) is -0.133. The number of halogens is 7. The molecule has 3 aromatic carbocycles. The van der Waals surface area contributed by atoms with Crippen molar-refractivity contribution in [2.45, 2.75) is 19.0 Å². The molecule has 2 heterocycles. The zero-order valence-electron chi connectivity index (χ0n) is 22.2. The van der Waals surface area contributed by atoms with Crippen LogP contribution >= 0.6 is 12.4 Å². The number of benzene rings is 3. The molecule has 6 nitrogen and oxygen atoms in total. The second kappa shape index (κ2) is 13.0. The van der Waals surface area contributed by atoms with Gasteiger partial charge in [0.25, 0.3) is 0 Å². The van der Waals surface area contributed by atoms with Crippen molar-refractivity contribution < 1.29 is 31.1 Å². The number of H-pyrrole nitrogens is 1. The lowest BCUT2D eigenvalue weighted by atomic mass is 10.0. The second-order valence-electron chi connectivity index (χ2n) is 9.01. The van der Waals surface area contributed by atoms with Crippen LogP contribution in [-0.4, -0.2) is 19.9 Å². The van der Waals surface area contributed by atoms with Gasteiger partial charge in [-0.3, -0.25) is 9.97 Å². The molecule has 2 aromatic heterocycles. The summed E-state index contributed by atoms with van der Waals surface area (Å²) in [6.07, 6.45) is -7.73. The number of hydrogen-bond donors (Lipinski definition) is 1. The van der Waals surface area contributed by atoms with Crippen LogP contribution in [0.2, 0.25) is 0 Å². The third-order valence-electron chi connectivity index (χ3n) is 6.03. The number of rotatable bonds is 5. The van der Waals surface area contributed by atoms with Crippen molar-refractivity contribution in [1.82, 2.24) is 19.9 Å². The Bertz CT molecular complexity index is 1860. The minimum atomic E-state index is -4.80. The molecule has 0 amide bonds. The molecule has 0 atom stereocenters. The Morgan fingerprint density at radius 2 is 1.41 bits per heavy atom. The molecule has 5 aromatic rings. The summed E-state index contributed by atoms with van der Waals surface area (Å²) in [5, 5.41) is 0. The van der Waals surface area contributed by atoms with Crippen molar-refractivity contribution in [2.75, 3.05) is 0 Å². The molecular formula is C31H19ClF6N4O2. The molecule has 1 N–H and O–H groups in total. The maximum absolute atomic E-state index is 14.0. The topological polar surface area (TPSA) is 80.8 Å². The predicted octanol–water partition coefficient (Wildman–Crippen LogP) is 7.33. The van der Waals surface area contributed by atoms with Gasteiger partial charge in [-0.15, -0.1) is 12.4 Å². The van der Waals surface area contributed by atoms with E-state index < -0.39 is 40.6 Å². The zero-order chi connectivity index (χ0) is 30.6. The molecule has 0 fully saturated rings. The molecule has 0 aliphatic heterocycles. The quantitative estimate of drug-likeness (QED) is 0.163. The van der Waals surface area contributed by atoms with E-state index >= 15 is 0 Å². The number of aromatic amines is 1. The first-order valence-corrected chi connectivity index (χ1v) is 12.5. The number of nitrogens with zero attached hydrogens (tertiary/aromatic N) is 3. The SMILES string of the molecule is Cl.O=c1nc(-c2ccc(C#Cc3ccc(C(F)(F)F)cc3)cc2)nc(-c2c(OCc3ccccn3)cccc2C(F)(F)F)[nH]1. The van der Waals surface area contributed by atoms with Crippen LogP contribution in [0.3, 0.4) is 0 Å². The van der Waals surface area contributed by atoms with Crippen molar-refractivity contribution in [3.63, 3.8) is 0 Å². The van der Waals surface area contributed by atoms with E-state index in [1.165, 1.54) is 42.6 Å². The van der Waals surface area contributed by atoms with Gasteiger partial charge in [-0.05, 0) is 72.8 Å². The summed E-state index contributed by atoms with van der Waals surface area (Å²) < 4.78 is 86.1. The second-order valence-corrected chi connectivity index (χ2v) is 9.01. The van der Waals surface area contributed by atoms with Crippen LogP contribution in [0, 0.1) is 11.8 Å². The maximum Gasteiger partial charge on any atom is 0.417 e. The summed E-state index contributed by atoms with van der Waals surface area (Å²) >= 11 is 0. The van der Waals surface area contributed by atoms with Crippen LogP contribution in [0.15, 0.2) is 95.9 Å². The van der Waals surface area contributed by atoms with E-state index in [1.54, 1.807) is 30.3 Å². The fourth-order valence-electron chi connectivity index (χ4n) is 3.99. The number of ether oxygens (including phenoxy) is 1. The zero-order valence-corrected chi connectivity index (χ0v) is 23.0. The van der Waals surface area contributed by atoms with Gasteiger partial charge in [0.05, 0.1) is 22.4 Å². The Balaban J connectivity index is 0.00000442. The lowest BCUT2D eigenvalue weighted by Gasteiger charge is -2.17. The Kier molecular flexibility index (Phi) is 9.40. The molecular weight excluding hydrogens is 610 g/mol. The number of nitrogens with one attached hydrogen (secondary N) is 1. The Hall–Kier alpha value is -5.15. The van der Waals surface area contributed by atoms with Gasteiger partial charge in [0, 0.05) is 22.9 Å². The first-order valence-electron chi connectivity index (χ1n) is 12.5. The number of aromatic nitrogens is 4. The maximum atomic E-state index is 14.0. The van der Waals surface area contributed by atoms with Gasteiger partial charge in [0.1, 0.15) is 18.2 Å². The Morgan fingerprint density at radius 1 is 0.750 bits per heavy atom. The molecule has 0 saturated heterocycles. The largest absolute Gasteiger partial charge is 0.487 e. The summed E-state index contributed by atoms with van der Waals surface area (Å²) in [5.74, 6) is 4.86. The van der Waals surface area contributed by atoms with Gasteiger partial charge in [-0.25, -0.2) is 9.78 Å². The van der Waals surface area contributed by atoms with Crippen LogP contribution in [0.5, 0.6) is 5.75 Å². The molecule has 5 rings (SSSR count). The molecule has 0 saturated carbocycles. The van der Waals surface area contributed by atoms with Crippen molar-refractivity contribution in [2.24, 2.45) is 0 Å². The lowest BCUT2D eigenvalue weighted by molar-refractivity contribution is -0.138. The van der Waals surface area contributed by atoms with Crippen molar-refractivity contribution in [3.05, 3.63) is 130 Å². The Morgan fingerprint density at radius 3 is 2.00 bits per heavy atom. The number of alkyl halides is 6. The average molecular weight is 629 g/mol. The van der Waals surface area contributed by atoms with E-state index in [-0.39, 0.29) is 30.6 Å². The molecule has 0 aliphatic carbocycles. The molecule has 0 radical (unpaired) electrons. The minimum absolute atomic E-state index is 0. The van der Waals surface area contributed by atoms with Crippen LogP contribution < -0.4 is 10.4 Å². The highest BCUT2D eigenvalue weighted by Crippen LogP contribution is 2.41. The van der Waals surface area contributed by atoms with E-state index in [0.29, 0.717) is 22.4 Å². The molecule has 0 unspecified atom stereocenters. The van der Waals surface area contributed by atoms with Crippen LogP contribution in [0.4, 0.5) is 26.3 Å². The smallest absolute Gasteiger partial charge is 0.417 e. The standard InChI is InChI=1S/C31H18F6N4O2.ClH/c32-30(33,34)22-15-11-20(12-16-22)8-7-19-9-13-21(14-10-19)27-39-28(41-29(42)40-27)26-24(31(35,36)37)5-3-6-25(26)43-18-23-4-1-2-17-38-23;/h1-6,9-17H,18H2,(H,39,40,41,42);1H. The Labute approximate surface area is 252 Å². The highest BCUT2D eigenvalue weighted by atomic mass is 35.5. The highest BCUT2D eigenvalue weighted by Gasteiger charge is 2.36. The third kappa shape index (κ3) is 7.62. The van der Waals surface area contributed by atoms with Crippen LogP contribution in [0.25, 0.3) is 22.8 Å². The van der Waals surface area contributed by atoms with Gasteiger partial charge in [0.15, 0.2) is 5.82 Å². The molecule has 0 bridgehead atoms. The van der Waals surface area contributed by atoms with Gasteiger partial charge in [-0.2, -0.15) is 31.3 Å². The van der Waals surface area contributed by atoms with Crippen molar-refractivity contribution in [1.29, 1.82) is 0 Å². The highest BCUT2D eigenvalue weighted by molar-refractivity contribution is 5.85. The van der Waals surface area contributed by atoms with Gasteiger partial charge >= 0.3 is 18.0 Å². The van der Waals surface area contributed by atoms with Crippen LogP contribution in [-0.2, 0) is 19.0 Å². The lowest BCUT2D eigenvalue weighted by Crippen LogP contribution is -2.17. The van der Waals surface area contributed by atoms with E-state index in [2.05, 4.69) is 31.8 Å². The summed E-state index contributed by atoms with van der Waals surface area (Å²) in [6, 6.07) is 18.9. The van der Waals surface area contributed by atoms with E-state index in [0.717, 1.165) is 18.2 Å². The van der Waals surface area contributed by atoms with Crippen LogP contribution in [0.1, 0.15) is 27.9 Å². The summed E-state index contributed by atoms with van der Waals surface area (Å²) in [7, 11) is 0. The van der Waals surface area contributed by atoms with Gasteiger partial charge < -0.3 is 4.74 Å². The first kappa shape index (κ1) is 31.8. The molecule has 0 aliphatic rings. The predicted molar refractivity (Wildman–Crippen MR) is 152 cm³/mol. The number of hydrogen-bond acceptors (Lipinski definition) is 5. The normalized spacial score (nSPS) is 11.2. The molecule has 44 heavy (non-hydrogen) atoms. The molecule has 13 heteroatoms. The van der Waals surface area contributed by atoms with Crippen molar-refractivity contribution >= 4 is 12.4 Å². The fourth-order valence-corrected chi connectivity index (χ4v) is 3.99. The third-order valence-corrected chi connectivity index (χ3v) is 6.03. The van der Waals surface area contributed by atoms with E-state index in [9.17, 15) is 31.1 Å². The average Bonchev–Trinajstić information content (AvgIpc) is 2.98. The van der Waals surface area contributed by atoms with Crippen molar-refractivity contribution in [3.8, 4) is 40.4 Å². The van der Waals surface area contributed by atoms with Gasteiger partial charge in [0.2, 0.25) is 0 Å². The molecule has 224 valence electrons. The summed E-state index contributed by atoms with van der Waals surface area (Å²) in [4.78, 5) is 26.9.